The summed E-state index contributed by atoms with van der Waals surface area (Å²) in [5.74, 6) is 0.915. The van der Waals surface area contributed by atoms with Crippen LogP contribution in [0, 0.1) is 13.8 Å². The number of isocyanates is 1. The van der Waals surface area contributed by atoms with E-state index < -0.39 is 0 Å². The summed E-state index contributed by atoms with van der Waals surface area (Å²) in [7, 11) is 0. The third-order valence-corrected chi connectivity index (χ3v) is 4.21. The van der Waals surface area contributed by atoms with Gasteiger partial charge in [0.2, 0.25) is 6.08 Å². The van der Waals surface area contributed by atoms with Crippen molar-refractivity contribution in [2.45, 2.75) is 38.8 Å². The number of rotatable bonds is 5. The molecule has 0 radical (unpaired) electrons. The van der Waals surface area contributed by atoms with Crippen molar-refractivity contribution >= 4 is 6.08 Å². The lowest BCUT2D eigenvalue weighted by Gasteiger charge is -2.16. The van der Waals surface area contributed by atoms with Crippen LogP contribution in [-0.2, 0) is 16.9 Å². The molecule has 2 aromatic rings. The first kappa shape index (κ1) is 14.6. The summed E-state index contributed by atoms with van der Waals surface area (Å²) in [6.07, 6.45) is 3.56. The van der Waals surface area contributed by atoms with Gasteiger partial charge in [0.15, 0.2) is 0 Å². The average Bonchev–Trinajstić information content (AvgIpc) is 3.29. The molecule has 0 saturated heterocycles. The van der Waals surface area contributed by atoms with Gasteiger partial charge in [-0.1, -0.05) is 30.3 Å². The van der Waals surface area contributed by atoms with Crippen LogP contribution in [-0.4, -0.2) is 6.08 Å². The van der Waals surface area contributed by atoms with Gasteiger partial charge in [0.25, 0.3) is 0 Å². The molecule has 0 bridgehead atoms. The first-order chi connectivity index (χ1) is 10.6. The largest absolute Gasteiger partial charge is 0.488 e. The van der Waals surface area contributed by atoms with Gasteiger partial charge in [0.1, 0.15) is 12.4 Å². The molecule has 0 atom stereocenters. The van der Waals surface area contributed by atoms with Crippen LogP contribution >= 0.6 is 0 Å². The van der Waals surface area contributed by atoms with E-state index in [0.717, 1.165) is 40.8 Å². The summed E-state index contributed by atoms with van der Waals surface area (Å²) in [6.45, 7) is 4.63. The second-order valence-electron chi connectivity index (χ2n) is 5.95. The molecule has 0 amide bonds. The summed E-state index contributed by atoms with van der Waals surface area (Å²) in [5.41, 5.74) is 4.08. The van der Waals surface area contributed by atoms with E-state index >= 15 is 0 Å². The lowest BCUT2D eigenvalue weighted by molar-refractivity contribution is 0.302. The van der Waals surface area contributed by atoms with E-state index in [9.17, 15) is 4.79 Å². The van der Waals surface area contributed by atoms with Crippen LogP contribution in [0.5, 0.6) is 5.75 Å². The van der Waals surface area contributed by atoms with Crippen molar-refractivity contribution in [3.05, 3.63) is 64.7 Å². The topological polar surface area (TPSA) is 38.7 Å². The Kier molecular flexibility index (Phi) is 3.82. The molecule has 0 unspecified atom stereocenters. The minimum absolute atomic E-state index is 0.324. The predicted octanol–water partition coefficient (Wildman–Crippen LogP) is 4.21. The Morgan fingerprint density at radius 3 is 2.32 bits per heavy atom. The third-order valence-electron chi connectivity index (χ3n) is 4.21. The van der Waals surface area contributed by atoms with E-state index in [1.54, 1.807) is 6.08 Å². The Bertz CT molecular complexity index is 703. The molecule has 112 valence electrons. The summed E-state index contributed by atoms with van der Waals surface area (Å²) >= 11 is 0. The first-order valence-corrected chi connectivity index (χ1v) is 7.52. The Balaban J connectivity index is 1.83. The first-order valence-electron chi connectivity index (χ1n) is 7.52. The number of ether oxygens (including phenoxy) is 1. The van der Waals surface area contributed by atoms with Crippen molar-refractivity contribution in [3.63, 3.8) is 0 Å². The van der Waals surface area contributed by atoms with Gasteiger partial charge in [-0.3, -0.25) is 0 Å². The highest BCUT2D eigenvalue weighted by Crippen LogP contribution is 2.50. The quantitative estimate of drug-likeness (QED) is 0.612. The highest BCUT2D eigenvalue weighted by Gasteiger charge is 2.45. The Labute approximate surface area is 130 Å². The van der Waals surface area contributed by atoms with Crippen LogP contribution in [0.1, 0.15) is 35.1 Å². The van der Waals surface area contributed by atoms with Crippen LogP contribution in [0.25, 0.3) is 0 Å². The molecule has 1 saturated carbocycles. The Hall–Kier alpha value is -2.38. The fourth-order valence-corrected chi connectivity index (χ4v) is 2.85. The zero-order chi connectivity index (χ0) is 15.6. The van der Waals surface area contributed by atoms with Crippen LogP contribution in [0.3, 0.4) is 0 Å². The zero-order valence-corrected chi connectivity index (χ0v) is 12.9. The fraction of sp³-hybridized carbons (Fsp3) is 0.316. The van der Waals surface area contributed by atoms with E-state index in [0.29, 0.717) is 6.61 Å². The minimum atomic E-state index is -0.324. The van der Waals surface area contributed by atoms with Crippen molar-refractivity contribution in [1.82, 2.24) is 0 Å². The molecule has 22 heavy (non-hydrogen) atoms. The van der Waals surface area contributed by atoms with Crippen LogP contribution < -0.4 is 4.74 Å². The second-order valence-corrected chi connectivity index (χ2v) is 5.95. The predicted molar refractivity (Wildman–Crippen MR) is 85.7 cm³/mol. The highest BCUT2D eigenvalue weighted by atomic mass is 16.5. The molecular weight excluding hydrogens is 274 g/mol. The van der Waals surface area contributed by atoms with Gasteiger partial charge in [-0.2, -0.15) is 4.99 Å². The van der Waals surface area contributed by atoms with Crippen LogP contribution in [0.4, 0.5) is 0 Å². The van der Waals surface area contributed by atoms with Gasteiger partial charge in [-0.15, -0.1) is 0 Å². The van der Waals surface area contributed by atoms with Crippen molar-refractivity contribution in [2.24, 2.45) is 4.99 Å². The number of hydrogen-bond acceptors (Lipinski definition) is 3. The van der Waals surface area contributed by atoms with Crippen molar-refractivity contribution in [1.29, 1.82) is 0 Å². The molecule has 0 spiro atoms. The summed E-state index contributed by atoms with van der Waals surface area (Å²) in [5, 5.41) is 0. The van der Waals surface area contributed by atoms with Crippen molar-refractivity contribution < 1.29 is 9.53 Å². The molecule has 0 N–H and O–H groups in total. The Morgan fingerprint density at radius 2 is 1.77 bits per heavy atom. The molecule has 3 heteroatoms. The number of benzene rings is 2. The van der Waals surface area contributed by atoms with Gasteiger partial charge in [-0.25, -0.2) is 4.79 Å². The smallest absolute Gasteiger partial charge is 0.235 e. The van der Waals surface area contributed by atoms with E-state index in [1.807, 2.05) is 32.0 Å². The average molecular weight is 293 g/mol. The summed E-state index contributed by atoms with van der Waals surface area (Å²) in [4.78, 5) is 14.6. The van der Waals surface area contributed by atoms with E-state index in [1.165, 1.54) is 0 Å². The number of hydrogen-bond donors (Lipinski definition) is 0. The van der Waals surface area contributed by atoms with Gasteiger partial charge >= 0.3 is 0 Å². The number of carbonyl (C=O) groups excluding carboxylic acids is 1. The Morgan fingerprint density at radius 1 is 1.14 bits per heavy atom. The fourth-order valence-electron chi connectivity index (χ4n) is 2.85. The maximum absolute atomic E-state index is 10.6. The van der Waals surface area contributed by atoms with E-state index in [4.69, 9.17) is 4.74 Å². The molecule has 0 aliphatic heterocycles. The molecule has 0 aromatic heterocycles. The number of aryl methyl sites for hydroxylation is 2. The van der Waals surface area contributed by atoms with Crippen molar-refractivity contribution in [3.8, 4) is 5.75 Å². The molecule has 3 rings (SSSR count). The van der Waals surface area contributed by atoms with E-state index in [-0.39, 0.29) is 5.54 Å². The van der Waals surface area contributed by atoms with Gasteiger partial charge < -0.3 is 4.74 Å². The summed E-state index contributed by atoms with van der Waals surface area (Å²) in [6, 6.07) is 14.3. The van der Waals surface area contributed by atoms with Gasteiger partial charge in [0.05, 0.1) is 5.54 Å². The lowest BCUT2D eigenvalue weighted by Crippen LogP contribution is -2.05. The standard InChI is InChI=1S/C19H19NO2/c1-14-10-17(19(8-9-19)20-13-21)11-15(2)18(14)22-12-16-6-4-3-5-7-16/h3-7,10-11H,8-9,12H2,1-2H3. The lowest BCUT2D eigenvalue weighted by atomic mass is 9.99. The molecule has 2 aromatic carbocycles. The van der Waals surface area contributed by atoms with E-state index in [2.05, 4.69) is 29.3 Å². The summed E-state index contributed by atoms with van der Waals surface area (Å²) < 4.78 is 5.99. The van der Waals surface area contributed by atoms with Crippen LogP contribution in [0.15, 0.2) is 47.5 Å². The van der Waals surface area contributed by atoms with Crippen molar-refractivity contribution in [2.75, 3.05) is 0 Å². The van der Waals surface area contributed by atoms with Crippen LogP contribution in [0.2, 0.25) is 0 Å². The van der Waals surface area contributed by atoms with Gasteiger partial charge in [0, 0.05) is 0 Å². The minimum Gasteiger partial charge on any atom is -0.488 e. The molecule has 1 aliphatic rings. The SMILES string of the molecule is Cc1cc(C2(N=C=O)CC2)cc(C)c1OCc1ccccc1. The third kappa shape index (κ3) is 2.81. The maximum Gasteiger partial charge on any atom is 0.235 e. The zero-order valence-electron chi connectivity index (χ0n) is 12.9. The molecule has 1 fully saturated rings. The second kappa shape index (κ2) is 5.78. The highest BCUT2D eigenvalue weighted by molar-refractivity contribution is 5.49. The molecular formula is C19H19NO2. The maximum atomic E-state index is 10.6. The normalized spacial score (nSPS) is 15.0. The molecule has 0 heterocycles. The monoisotopic (exact) mass is 293 g/mol. The molecule has 3 nitrogen and oxygen atoms in total. The number of aliphatic imine (C=N–C) groups is 1. The number of nitrogens with zero attached hydrogens (tertiary/aromatic N) is 1. The molecule has 1 aliphatic carbocycles. The van der Waals surface area contributed by atoms with Gasteiger partial charge in [-0.05, 0) is 61.1 Å².